The molecule has 5 aliphatic rings. The van der Waals surface area contributed by atoms with Gasteiger partial charge < -0.3 is 4.90 Å². The fourth-order valence-corrected chi connectivity index (χ4v) is 9.22. The molecule has 5 unspecified atom stereocenters. The van der Waals surface area contributed by atoms with E-state index in [1.54, 1.807) is 0 Å². The van der Waals surface area contributed by atoms with Gasteiger partial charge in [0.2, 0.25) is 0 Å². The Morgan fingerprint density at radius 1 is 0.700 bits per heavy atom. The summed E-state index contributed by atoms with van der Waals surface area (Å²) in [6, 6.07) is 26.7. The number of pyridine rings is 1. The molecule has 6 nitrogen and oxygen atoms in total. The summed E-state index contributed by atoms with van der Waals surface area (Å²) in [6.07, 6.45) is 27.3. The van der Waals surface area contributed by atoms with Gasteiger partial charge in [-0.05, 0) is 73.4 Å². The van der Waals surface area contributed by atoms with Gasteiger partial charge in [-0.3, -0.25) is 14.5 Å². The zero-order valence-electron chi connectivity index (χ0n) is 28.1. The van der Waals surface area contributed by atoms with Crippen LogP contribution in [0.3, 0.4) is 0 Å². The van der Waals surface area contributed by atoms with Crippen LogP contribution in [0.2, 0.25) is 0 Å². The topological polar surface area (TPSA) is 58.1 Å². The number of anilines is 1. The van der Waals surface area contributed by atoms with E-state index in [1.165, 1.54) is 51.6 Å². The third kappa shape index (κ3) is 4.76. The zero-order chi connectivity index (χ0) is 33.0. The second kappa shape index (κ2) is 12.2. The van der Waals surface area contributed by atoms with Crippen molar-refractivity contribution in [1.82, 2.24) is 9.55 Å². The van der Waals surface area contributed by atoms with Gasteiger partial charge in [0.15, 0.2) is 5.84 Å². The fourth-order valence-electron chi connectivity index (χ4n) is 9.22. The molecule has 0 fully saturated rings. The van der Waals surface area contributed by atoms with E-state index >= 15 is 0 Å². The SMILES string of the molecule is C1=CC(c2cccc(C3C=CCCC3)c2C2=NC(N3c4ccccc4C4C=CN=CC43)CC(n3c4ccccc4c4ccncc43)=N2)CCC1. The Balaban J connectivity index is 1.23. The summed E-state index contributed by atoms with van der Waals surface area (Å²) in [5.41, 5.74) is 8.72. The van der Waals surface area contributed by atoms with E-state index in [0.29, 0.717) is 18.3 Å². The second-order valence-corrected chi connectivity index (χ2v) is 14.3. The molecule has 5 heterocycles. The van der Waals surface area contributed by atoms with Crippen molar-refractivity contribution in [3.8, 4) is 0 Å². The first kappa shape index (κ1) is 29.5. The number of aliphatic imine (C=N–C) groups is 3. The highest BCUT2D eigenvalue weighted by Crippen LogP contribution is 2.46. The number of rotatable bonds is 4. The molecule has 0 bridgehead atoms. The number of benzene rings is 3. The molecule has 0 saturated heterocycles. The third-order valence-corrected chi connectivity index (χ3v) is 11.5. The molecule has 0 amide bonds. The minimum atomic E-state index is -0.177. The summed E-state index contributed by atoms with van der Waals surface area (Å²) in [4.78, 5) is 23.2. The van der Waals surface area contributed by atoms with Gasteiger partial charge in [-0.2, -0.15) is 0 Å². The van der Waals surface area contributed by atoms with Crippen molar-refractivity contribution in [3.63, 3.8) is 0 Å². The molecule has 5 atom stereocenters. The molecule has 2 aliphatic carbocycles. The first-order valence-corrected chi connectivity index (χ1v) is 18.4. The number of para-hydroxylation sites is 2. The monoisotopic (exact) mass is 652 g/mol. The molecule has 0 N–H and O–H groups in total. The molecule has 50 heavy (non-hydrogen) atoms. The second-order valence-electron chi connectivity index (χ2n) is 14.3. The number of aromatic nitrogens is 2. The van der Waals surface area contributed by atoms with E-state index in [9.17, 15) is 0 Å². The molecule has 0 spiro atoms. The summed E-state index contributed by atoms with van der Waals surface area (Å²) < 4.78 is 2.36. The van der Waals surface area contributed by atoms with Crippen LogP contribution in [0.25, 0.3) is 21.8 Å². The molecule has 0 saturated carbocycles. The Morgan fingerprint density at radius 3 is 2.24 bits per heavy atom. The van der Waals surface area contributed by atoms with Crippen molar-refractivity contribution in [2.75, 3.05) is 4.90 Å². The number of allylic oxidation sites excluding steroid dienone is 4. The molecule has 3 aromatic carbocycles. The summed E-state index contributed by atoms with van der Waals surface area (Å²) >= 11 is 0. The molecule has 10 rings (SSSR count). The molecule has 6 heteroatoms. The maximum Gasteiger partial charge on any atom is 0.159 e. The summed E-state index contributed by atoms with van der Waals surface area (Å²) in [6.45, 7) is 0. The van der Waals surface area contributed by atoms with Gasteiger partial charge >= 0.3 is 0 Å². The highest BCUT2D eigenvalue weighted by atomic mass is 15.3. The summed E-state index contributed by atoms with van der Waals surface area (Å²) in [7, 11) is 0. The highest BCUT2D eigenvalue weighted by molar-refractivity contribution is 6.18. The quantitative estimate of drug-likeness (QED) is 0.182. The van der Waals surface area contributed by atoms with Gasteiger partial charge in [0.25, 0.3) is 0 Å². The van der Waals surface area contributed by atoms with Crippen molar-refractivity contribution < 1.29 is 0 Å². The van der Waals surface area contributed by atoms with E-state index < -0.39 is 0 Å². The summed E-state index contributed by atoms with van der Waals surface area (Å²) in [5, 5.41) is 2.40. The maximum absolute atomic E-state index is 5.75. The van der Waals surface area contributed by atoms with E-state index in [1.807, 2.05) is 18.6 Å². The zero-order valence-corrected chi connectivity index (χ0v) is 28.1. The van der Waals surface area contributed by atoms with Crippen molar-refractivity contribution in [2.45, 2.75) is 74.9 Å². The number of hydrogen-bond acceptors (Lipinski definition) is 5. The Labute approximate surface area is 293 Å². The van der Waals surface area contributed by atoms with Crippen molar-refractivity contribution in [2.24, 2.45) is 15.0 Å². The van der Waals surface area contributed by atoms with E-state index in [2.05, 4.69) is 129 Å². The molecule has 5 aromatic rings. The lowest BCUT2D eigenvalue weighted by Crippen LogP contribution is -2.46. The molecule has 0 radical (unpaired) electrons. The lowest BCUT2D eigenvalue weighted by Gasteiger charge is -2.36. The van der Waals surface area contributed by atoms with Crippen LogP contribution in [0.15, 0.2) is 137 Å². The van der Waals surface area contributed by atoms with E-state index in [0.717, 1.165) is 48.4 Å². The Kier molecular flexibility index (Phi) is 7.21. The van der Waals surface area contributed by atoms with Crippen LogP contribution in [-0.2, 0) is 0 Å². The number of hydrogen-bond donors (Lipinski definition) is 0. The number of amidine groups is 1. The van der Waals surface area contributed by atoms with Gasteiger partial charge in [0, 0.05) is 64.8 Å². The average molecular weight is 653 g/mol. The van der Waals surface area contributed by atoms with Crippen LogP contribution >= 0.6 is 0 Å². The standard InChI is InChI=1S/C44H40N6/c1-3-12-29(13-4-1)31-18-11-19-32(30-14-5-2-6-15-30)43(31)44-47-41(49-37-20-9-7-16-33(37)35-22-24-45-27-39(35)49)26-42(48-44)50-38-21-10-8-17-34(38)36-23-25-46-28-40(36)50/h3,5,7-12,14,16-25,27-30,35,39,41H,1-2,4,6,13,15,26H2. The van der Waals surface area contributed by atoms with Gasteiger partial charge in [-0.1, -0.05) is 85.0 Å². The lowest BCUT2D eigenvalue weighted by molar-refractivity contribution is 0.589. The highest BCUT2D eigenvalue weighted by Gasteiger charge is 2.42. The fraction of sp³-hybridized carbons (Fsp3) is 0.273. The predicted octanol–water partition coefficient (Wildman–Crippen LogP) is 9.83. The van der Waals surface area contributed by atoms with Crippen LogP contribution in [0.5, 0.6) is 0 Å². The molecule has 246 valence electrons. The molecule has 3 aliphatic heterocycles. The van der Waals surface area contributed by atoms with E-state index in [-0.39, 0.29) is 18.1 Å². The predicted molar refractivity (Wildman–Crippen MR) is 206 cm³/mol. The van der Waals surface area contributed by atoms with Gasteiger partial charge in [0.05, 0.1) is 23.3 Å². The number of fused-ring (bicyclic) bond motifs is 6. The molecular formula is C44H40N6. The van der Waals surface area contributed by atoms with Crippen LogP contribution in [-0.4, -0.2) is 39.6 Å². The van der Waals surface area contributed by atoms with Gasteiger partial charge in [-0.25, -0.2) is 9.98 Å². The van der Waals surface area contributed by atoms with Crippen LogP contribution in [0, 0.1) is 0 Å². The van der Waals surface area contributed by atoms with Crippen LogP contribution in [0.1, 0.15) is 85.0 Å². The third-order valence-electron chi connectivity index (χ3n) is 11.5. The Hall–Kier alpha value is -5.36. The lowest BCUT2D eigenvalue weighted by atomic mass is 9.80. The minimum Gasteiger partial charge on any atom is -0.340 e. The smallest absolute Gasteiger partial charge is 0.159 e. The maximum atomic E-state index is 5.75. The first-order valence-electron chi connectivity index (χ1n) is 18.4. The van der Waals surface area contributed by atoms with Crippen molar-refractivity contribution in [3.05, 3.63) is 144 Å². The molecular weight excluding hydrogens is 613 g/mol. The Bertz CT molecular complexity index is 2220. The summed E-state index contributed by atoms with van der Waals surface area (Å²) in [5.74, 6) is 2.78. The van der Waals surface area contributed by atoms with E-state index in [4.69, 9.17) is 9.98 Å². The normalized spacial score (nSPS) is 25.5. The molecule has 2 aromatic heterocycles. The number of nitrogens with zero attached hydrogens (tertiary/aromatic N) is 6. The van der Waals surface area contributed by atoms with Crippen molar-refractivity contribution in [1.29, 1.82) is 0 Å². The van der Waals surface area contributed by atoms with Crippen LogP contribution < -0.4 is 4.90 Å². The van der Waals surface area contributed by atoms with Gasteiger partial charge in [-0.15, -0.1) is 0 Å². The largest absolute Gasteiger partial charge is 0.340 e. The minimum absolute atomic E-state index is 0.0869. The average Bonchev–Trinajstić information content (AvgIpc) is 3.71. The van der Waals surface area contributed by atoms with Gasteiger partial charge in [0.1, 0.15) is 12.0 Å². The van der Waals surface area contributed by atoms with Crippen molar-refractivity contribution >= 4 is 45.4 Å². The van der Waals surface area contributed by atoms with Crippen LogP contribution in [0.4, 0.5) is 5.69 Å². The first-order chi connectivity index (χ1) is 24.8. The Morgan fingerprint density at radius 2 is 1.44 bits per heavy atom.